The van der Waals surface area contributed by atoms with Crippen LogP contribution in [0.3, 0.4) is 0 Å². The largest absolute Gasteiger partial charge is 0.459 e. The number of hydrogen-bond donors (Lipinski definition) is 1. The van der Waals surface area contributed by atoms with Gasteiger partial charge in [0.2, 0.25) is 0 Å². The van der Waals surface area contributed by atoms with Crippen molar-refractivity contribution in [2.75, 3.05) is 13.2 Å². The zero-order valence-corrected chi connectivity index (χ0v) is 40.3. The number of nitrogens with one attached hydrogen (secondary N) is 1. The molecule has 2 saturated heterocycles. The molecule has 0 spiro atoms. The lowest BCUT2D eigenvalue weighted by Gasteiger charge is -2.25. The number of aromatic nitrogens is 4. The molecular weight excluding hydrogens is 997 g/mol. The zero-order chi connectivity index (χ0) is 53.4. The van der Waals surface area contributed by atoms with Crippen LogP contribution in [0.2, 0.25) is 0 Å². The van der Waals surface area contributed by atoms with E-state index in [0.717, 1.165) is 10.9 Å². The highest BCUT2D eigenvalue weighted by atomic mass is 16.7. The minimum Gasteiger partial charge on any atom is -0.459 e. The maximum Gasteiger partial charge on any atom is 0.338 e. The molecule has 8 atom stereocenters. The fourth-order valence-corrected chi connectivity index (χ4v) is 8.79. The normalized spacial score (nSPS) is 20.6. The third kappa shape index (κ3) is 11.0. The van der Waals surface area contributed by atoms with Gasteiger partial charge in [0.25, 0.3) is 11.1 Å². The monoisotopic (exact) mass is 1040 g/mol. The minimum absolute atomic E-state index is 0.0633. The van der Waals surface area contributed by atoms with E-state index in [1.54, 1.807) is 109 Å². The Balaban J connectivity index is 1.04. The SMILES string of the molecule is O=C(OC[C@H]1O[C@@H](n2[nH]c(=O)c3c(ncn3[C@@H]3O[C@H](COC(=O)c4ccccc4)[C@@H](OC(=O)c4ccccc4)[C@H]3OC(=O)c3ccccc3)c2=O)[C@H](OC(=O)c2ccccc2)[C@@H]1OC(=O)c1ccccc1)c1ccccc1. The topological polar surface area (TPSA) is 249 Å². The van der Waals surface area contributed by atoms with Crippen LogP contribution in [0.25, 0.3) is 11.0 Å². The van der Waals surface area contributed by atoms with E-state index in [1.807, 2.05) is 0 Å². The Morgan fingerprint density at radius 1 is 0.429 bits per heavy atom. The predicted molar refractivity (Wildman–Crippen MR) is 268 cm³/mol. The quantitative estimate of drug-likeness (QED) is 0.0824. The van der Waals surface area contributed by atoms with E-state index in [9.17, 15) is 38.4 Å². The third-order valence-electron chi connectivity index (χ3n) is 12.5. The summed E-state index contributed by atoms with van der Waals surface area (Å²) in [6.45, 7) is -1.17. The highest BCUT2D eigenvalue weighted by molar-refractivity contribution is 5.92. The number of hydrogen-bond acceptors (Lipinski definition) is 17. The number of ether oxygens (including phenoxy) is 8. The maximum absolute atomic E-state index is 14.9. The standard InChI is InChI=1S/C57H44N4O16/c62-48-43-42(58-33-60(43)50-46(76-56(68)38-27-15-5-16-28-38)44(74-54(66)36-23-11-3-12-24-36)40(72-50)31-70-52(64)34-19-7-1-8-20-34)49(63)61(59-48)51-47(77-57(69)39-29-17-6-18-30-39)45(75-55(67)37-25-13-4-14-26-37)41(73-51)32-71-53(65)35-21-9-2-10-22-35/h1-30,33,40-41,44-47,50-51H,31-32H2,(H,59,62)/t40-,41-,44-,45-,46-,47-,50-,51-/m1/s1. The highest BCUT2D eigenvalue weighted by Gasteiger charge is 2.54. The molecule has 4 heterocycles. The Kier molecular flexibility index (Phi) is 15.0. The number of carbonyl (C=O) groups is 6. The highest BCUT2D eigenvalue weighted by Crippen LogP contribution is 2.38. The van der Waals surface area contributed by atoms with Gasteiger partial charge < -0.3 is 37.9 Å². The van der Waals surface area contributed by atoms with Gasteiger partial charge in [-0.3, -0.25) is 19.3 Å². The third-order valence-corrected chi connectivity index (χ3v) is 12.5. The molecule has 0 saturated carbocycles. The average Bonchev–Trinajstić information content (AvgIpc) is 4.29. The Bertz CT molecular complexity index is 3540. The number of esters is 6. The number of carbonyl (C=O) groups excluding carboxylic acids is 6. The molecule has 2 aliphatic heterocycles. The number of aromatic amines is 1. The summed E-state index contributed by atoms with van der Waals surface area (Å²) < 4.78 is 50.1. The first kappa shape index (κ1) is 50.7. The molecule has 2 aliphatic rings. The fourth-order valence-electron chi connectivity index (χ4n) is 8.79. The number of nitrogens with zero attached hydrogens (tertiary/aromatic N) is 3. The van der Waals surface area contributed by atoms with E-state index >= 15 is 0 Å². The van der Waals surface area contributed by atoms with Crippen LogP contribution in [0.1, 0.15) is 74.6 Å². The lowest BCUT2D eigenvalue weighted by atomic mass is 10.1. The summed E-state index contributed by atoms with van der Waals surface area (Å²) in [6, 6.07) is 47.4. The van der Waals surface area contributed by atoms with Gasteiger partial charge in [-0.25, -0.2) is 38.4 Å². The molecule has 0 bridgehead atoms. The van der Waals surface area contributed by atoms with E-state index in [2.05, 4.69) is 10.1 Å². The Morgan fingerprint density at radius 3 is 1.10 bits per heavy atom. The van der Waals surface area contributed by atoms with E-state index < -0.39 is 120 Å². The van der Waals surface area contributed by atoms with Gasteiger partial charge in [-0.05, 0) is 72.8 Å². The van der Waals surface area contributed by atoms with Crippen molar-refractivity contribution in [2.24, 2.45) is 0 Å². The summed E-state index contributed by atoms with van der Waals surface area (Å²) in [6.07, 6.45) is -11.6. The van der Waals surface area contributed by atoms with Crippen LogP contribution >= 0.6 is 0 Å². The van der Waals surface area contributed by atoms with Crippen LogP contribution in [-0.2, 0) is 37.9 Å². The smallest absolute Gasteiger partial charge is 0.338 e. The zero-order valence-electron chi connectivity index (χ0n) is 40.3. The lowest BCUT2D eigenvalue weighted by Crippen LogP contribution is -2.44. The molecule has 20 heteroatoms. The average molecular weight is 1040 g/mol. The van der Waals surface area contributed by atoms with Gasteiger partial charge in [0.1, 0.15) is 30.9 Å². The van der Waals surface area contributed by atoms with Crippen molar-refractivity contribution in [2.45, 2.75) is 49.1 Å². The second-order valence-corrected chi connectivity index (χ2v) is 17.5. The first-order valence-electron chi connectivity index (χ1n) is 24.0. The molecule has 0 aliphatic carbocycles. The Labute approximate surface area is 436 Å². The van der Waals surface area contributed by atoms with Crippen molar-refractivity contribution in [3.63, 3.8) is 0 Å². The summed E-state index contributed by atoms with van der Waals surface area (Å²) in [5.41, 5.74) is -2.30. The molecule has 20 nitrogen and oxygen atoms in total. The van der Waals surface area contributed by atoms with Crippen molar-refractivity contribution in [3.8, 4) is 0 Å². The summed E-state index contributed by atoms with van der Waals surface area (Å²) in [5, 5.41) is 2.49. The van der Waals surface area contributed by atoms with Crippen molar-refractivity contribution in [1.82, 2.24) is 19.3 Å². The molecule has 1 N–H and O–H groups in total. The Hall–Kier alpha value is -9.79. The van der Waals surface area contributed by atoms with Crippen molar-refractivity contribution < 1.29 is 66.7 Å². The molecule has 77 heavy (non-hydrogen) atoms. The molecule has 388 valence electrons. The molecular formula is C57H44N4O16. The lowest BCUT2D eigenvalue weighted by molar-refractivity contribution is -0.0693. The number of H-pyrrole nitrogens is 1. The number of fused-ring (bicyclic) bond motifs is 1. The van der Waals surface area contributed by atoms with E-state index in [0.29, 0.717) is 4.68 Å². The Morgan fingerprint density at radius 2 is 0.740 bits per heavy atom. The second-order valence-electron chi connectivity index (χ2n) is 17.5. The van der Waals surface area contributed by atoms with Gasteiger partial charge in [0.15, 0.2) is 42.4 Å². The summed E-state index contributed by atoms with van der Waals surface area (Å²) >= 11 is 0. The van der Waals surface area contributed by atoms with Crippen molar-refractivity contribution >= 4 is 46.8 Å². The van der Waals surface area contributed by atoms with Crippen LogP contribution < -0.4 is 11.1 Å². The van der Waals surface area contributed by atoms with E-state index in [-0.39, 0.29) is 33.4 Å². The van der Waals surface area contributed by atoms with Crippen molar-refractivity contribution in [3.05, 3.63) is 242 Å². The summed E-state index contributed by atoms with van der Waals surface area (Å²) in [5.74, 6) is -5.13. The van der Waals surface area contributed by atoms with Gasteiger partial charge in [-0.15, -0.1) is 0 Å². The second kappa shape index (κ2) is 22.8. The van der Waals surface area contributed by atoms with E-state index in [1.165, 1.54) is 72.8 Å². The van der Waals surface area contributed by atoms with Crippen molar-refractivity contribution in [1.29, 1.82) is 0 Å². The van der Waals surface area contributed by atoms with Crippen LogP contribution in [0.15, 0.2) is 198 Å². The van der Waals surface area contributed by atoms with Gasteiger partial charge in [0.05, 0.1) is 39.7 Å². The molecule has 10 rings (SSSR count). The molecule has 6 aromatic carbocycles. The van der Waals surface area contributed by atoms with Crippen LogP contribution in [0.4, 0.5) is 0 Å². The predicted octanol–water partition coefficient (Wildman–Crippen LogP) is 6.30. The van der Waals surface area contributed by atoms with Gasteiger partial charge in [-0.1, -0.05) is 109 Å². The number of benzene rings is 6. The van der Waals surface area contributed by atoms with Gasteiger partial charge in [-0.2, -0.15) is 0 Å². The minimum atomic E-state index is -1.79. The van der Waals surface area contributed by atoms with Crippen LogP contribution in [-0.4, -0.2) is 105 Å². The fraction of sp³-hybridized carbons (Fsp3) is 0.175. The van der Waals surface area contributed by atoms with E-state index in [4.69, 9.17) is 37.9 Å². The molecule has 8 aromatic rings. The van der Waals surface area contributed by atoms with Crippen LogP contribution in [0.5, 0.6) is 0 Å². The number of rotatable bonds is 16. The molecule has 2 aromatic heterocycles. The molecule has 0 radical (unpaired) electrons. The molecule has 0 unspecified atom stereocenters. The van der Waals surface area contributed by atoms with Gasteiger partial charge >= 0.3 is 35.8 Å². The summed E-state index contributed by atoms with van der Waals surface area (Å²) in [4.78, 5) is 116. The first-order valence-corrected chi connectivity index (χ1v) is 24.0. The maximum atomic E-state index is 14.9. The van der Waals surface area contributed by atoms with Crippen LogP contribution in [0, 0.1) is 0 Å². The first-order chi connectivity index (χ1) is 37.5. The molecule has 2 fully saturated rings. The van der Waals surface area contributed by atoms with Gasteiger partial charge in [0, 0.05) is 0 Å². The summed E-state index contributed by atoms with van der Waals surface area (Å²) in [7, 11) is 0. The molecule has 0 amide bonds. The number of imidazole rings is 1.